The fraction of sp³-hybridized carbons (Fsp3) is 0.333. The Balaban J connectivity index is 2.49. The number of benzene rings is 1. The molecule has 19 heavy (non-hydrogen) atoms. The highest BCUT2D eigenvalue weighted by Crippen LogP contribution is 2.22. The number of likely N-dealkylation sites (N-methyl/N-ethyl adjacent to an activating group) is 1. The Morgan fingerprint density at radius 2 is 2.26 bits per heavy atom. The van der Waals surface area contributed by atoms with Crippen molar-refractivity contribution in [2.75, 3.05) is 13.6 Å². The molecule has 0 aliphatic heterocycles. The van der Waals surface area contributed by atoms with Crippen LogP contribution in [-0.2, 0) is 11.3 Å². The van der Waals surface area contributed by atoms with Gasteiger partial charge in [-0.25, -0.2) is 4.39 Å². The summed E-state index contributed by atoms with van der Waals surface area (Å²) in [6.45, 7) is 2.60. The Labute approximate surface area is 119 Å². The number of carbonyl (C=O) groups excluding carboxylic acids is 1. The van der Waals surface area contributed by atoms with Crippen molar-refractivity contribution in [3.8, 4) is 0 Å². The van der Waals surface area contributed by atoms with Gasteiger partial charge in [0.05, 0.1) is 16.1 Å². The van der Waals surface area contributed by atoms with E-state index in [1.54, 1.807) is 16.5 Å². The van der Waals surface area contributed by atoms with Crippen LogP contribution in [0.5, 0.6) is 0 Å². The molecule has 2 rings (SSSR count). The van der Waals surface area contributed by atoms with E-state index in [9.17, 15) is 9.18 Å². The van der Waals surface area contributed by atoms with E-state index in [1.165, 1.54) is 12.1 Å². The zero-order chi connectivity index (χ0) is 14.2. The molecular weight excluding hydrogens is 289 g/mol. The number of fused-ring (bicyclic) bond motifs is 1. The summed E-state index contributed by atoms with van der Waals surface area (Å²) in [6, 6.07) is 2.75. The van der Waals surface area contributed by atoms with Crippen LogP contribution in [0.1, 0.15) is 6.92 Å². The van der Waals surface area contributed by atoms with Gasteiger partial charge in [-0.05, 0) is 25.2 Å². The summed E-state index contributed by atoms with van der Waals surface area (Å²) in [5, 5.41) is 0.00606. The molecule has 1 aromatic heterocycles. The highest BCUT2D eigenvalue weighted by Gasteiger charge is 2.13. The minimum Gasteiger partial charge on any atom is -0.344 e. The van der Waals surface area contributed by atoms with Crippen LogP contribution in [0, 0.1) is 10.6 Å². The number of H-pyrrole nitrogens is 1. The Kier molecular flexibility index (Phi) is 3.91. The molecule has 1 heterocycles. The molecule has 1 aromatic carbocycles. The molecule has 0 saturated heterocycles. The van der Waals surface area contributed by atoms with E-state index >= 15 is 0 Å². The van der Waals surface area contributed by atoms with E-state index in [2.05, 4.69) is 4.98 Å². The first-order valence-electron chi connectivity index (χ1n) is 5.75. The summed E-state index contributed by atoms with van der Waals surface area (Å²) in [5.41, 5.74) is 1.15. The van der Waals surface area contributed by atoms with Crippen molar-refractivity contribution in [3.63, 3.8) is 0 Å². The van der Waals surface area contributed by atoms with Gasteiger partial charge in [0.1, 0.15) is 12.4 Å². The van der Waals surface area contributed by atoms with Gasteiger partial charge in [0, 0.05) is 19.7 Å². The van der Waals surface area contributed by atoms with E-state index in [0.29, 0.717) is 22.3 Å². The van der Waals surface area contributed by atoms with Gasteiger partial charge in [0.2, 0.25) is 5.91 Å². The molecule has 1 amide bonds. The largest absolute Gasteiger partial charge is 0.344 e. The fourth-order valence-corrected chi connectivity index (χ4v) is 2.17. The van der Waals surface area contributed by atoms with E-state index in [1.807, 2.05) is 6.92 Å². The third-order valence-corrected chi connectivity index (χ3v) is 3.62. The lowest BCUT2D eigenvalue weighted by Crippen LogP contribution is -2.29. The van der Waals surface area contributed by atoms with Crippen LogP contribution in [0.3, 0.4) is 0 Å². The maximum absolute atomic E-state index is 13.4. The first kappa shape index (κ1) is 14.0. The number of aromatic nitrogens is 2. The summed E-state index contributed by atoms with van der Waals surface area (Å²) in [7, 11) is 1.72. The van der Waals surface area contributed by atoms with Crippen molar-refractivity contribution >= 4 is 40.8 Å². The first-order chi connectivity index (χ1) is 8.93. The molecule has 102 valence electrons. The SMILES string of the molecule is CCN(C)C(=O)Cn1c(=S)[nH]c2cc(F)c(Cl)cc21. The van der Waals surface area contributed by atoms with Crippen LogP contribution in [0.25, 0.3) is 11.0 Å². The Bertz CT molecular complexity index is 694. The minimum atomic E-state index is -0.519. The lowest BCUT2D eigenvalue weighted by atomic mass is 10.3. The van der Waals surface area contributed by atoms with Gasteiger partial charge in [-0.2, -0.15) is 0 Å². The topological polar surface area (TPSA) is 41.0 Å². The van der Waals surface area contributed by atoms with Gasteiger partial charge in [0.25, 0.3) is 0 Å². The van der Waals surface area contributed by atoms with Crippen LogP contribution >= 0.6 is 23.8 Å². The van der Waals surface area contributed by atoms with Gasteiger partial charge in [0.15, 0.2) is 4.77 Å². The number of aromatic amines is 1. The van der Waals surface area contributed by atoms with Crippen molar-refractivity contribution in [3.05, 3.63) is 27.7 Å². The quantitative estimate of drug-likeness (QED) is 0.886. The lowest BCUT2D eigenvalue weighted by molar-refractivity contribution is -0.130. The van der Waals surface area contributed by atoms with Crippen LogP contribution in [-0.4, -0.2) is 34.0 Å². The van der Waals surface area contributed by atoms with Crippen molar-refractivity contribution in [1.29, 1.82) is 0 Å². The standard InChI is InChI=1S/C12H13ClFN3OS/c1-3-16(2)11(18)6-17-10-4-7(13)8(14)5-9(10)15-12(17)19/h4-5H,3,6H2,1-2H3,(H,15,19). The third-order valence-electron chi connectivity index (χ3n) is 3.01. The molecule has 0 bridgehead atoms. The number of hydrogen-bond acceptors (Lipinski definition) is 2. The highest BCUT2D eigenvalue weighted by molar-refractivity contribution is 7.71. The smallest absolute Gasteiger partial charge is 0.242 e. The van der Waals surface area contributed by atoms with Gasteiger partial charge in [-0.3, -0.25) is 4.79 Å². The van der Waals surface area contributed by atoms with Crippen molar-refractivity contribution in [2.45, 2.75) is 13.5 Å². The van der Waals surface area contributed by atoms with E-state index in [-0.39, 0.29) is 17.5 Å². The zero-order valence-corrected chi connectivity index (χ0v) is 12.1. The molecule has 4 nitrogen and oxygen atoms in total. The van der Waals surface area contributed by atoms with E-state index in [0.717, 1.165) is 0 Å². The maximum Gasteiger partial charge on any atom is 0.242 e. The molecular formula is C12H13ClFN3OS. The number of carbonyl (C=O) groups is 1. The van der Waals surface area contributed by atoms with E-state index in [4.69, 9.17) is 23.8 Å². The number of imidazole rings is 1. The highest BCUT2D eigenvalue weighted by atomic mass is 35.5. The number of hydrogen-bond donors (Lipinski definition) is 1. The third kappa shape index (κ3) is 2.64. The van der Waals surface area contributed by atoms with Crippen LogP contribution in [0.4, 0.5) is 4.39 Å². The number of rotatable bonds is 3. The molecule has 0 saturated carbocycles. The fourth-order valence-electron chi connectivity index (χ4n) is 1.74. The lowest BCUT2D eigenvalue weighted by Gasteiger charge is -2.15. The second kappa shape index (κ2) is 5.30. The summed E-state index contributed by atoms with van der Waals surface area (Å²) < 4.78 is 15.4. The molecule has 0 aliphatic carbocycles. The molecule has 2 aromatic rings. The van der Waals surface area contributed by atoms with E-state index < -0.39 is 5.82 Å². The molecule has 0 unspecified atom stereocenters. The van der Waals surface area contributed by atoms with Crippen LogP contribution in [0.2, 0.25) is 5.02 Å². The molecule has 0 aliphatic rings. The maximum atomic E-state index is 13.4. The number of amides is 1. The molecule has 1 N–H and O–H groups in total. The van der Waals surface area contributed by atoms with Gasteiger partial charge < -0.3 is 14.5 Å². The molecule has 0 fully saturated rings. The van der Waals surface area contributed by atoms with Gasteiger partial charge in [-0.15, -0.1) is 0 Å². The molecule has 0 radical (unpaired) electrons. The van der Waals surface area contributed by atoms with Gasteiger partial charge in [-0.1, -0.05) is 11.6 Å². The number of halogens is 2. The first-order valence-corrected chi connectivity index (χ1v) is 6.54. The minimum absolute atomic E-state index is 0.00606. The van der Waals surface area contributed by atoms with Gasteiger partial charge >= 0.3 is 0 Å². The van der Waals surface area contributed by atoms with Crippen LogP contribution < -0.4 is 0 Å². The van der Waals surface area contributed by atoms with Crippen molar-refractivity contribution in [2.24, 2.45) is 0 Å². The Morgan fingerprint density at radius 1 is 1.58 bits per heavy atom. The predicted molar refractivity (Wildman–Crippen MR) is 75.4 cm³/mol. The van der Waals surface area contributed by atoms with Crippen molar-refractivity contribution < 1.29 is 9.18 Å². The Hall–Kier alpha value is -1.40. The summed E-state index contributed by atoms with van der Waals surface area (Å²) in [4.78, 5) is 16.4. The average molecular weight is 302 g/mol. The molecule has 0 atom stereocenters. The molecule has 7 heteroatoms. The molecule has 0 spiro atoms. The summed E-state index contributed by atoms with van der Waals surface area (Å²) in [6.07, 6.45) is 0. The summed E-state index contributed by atoms with van der Waals surface area (Å²) >= 11 is 10.9. The number of nitrogens with zero attached hydrogens (tertiary/aromatic N) is 2. The monoisotopic (exact) mass is 301 g/mol. The zero-order valence-electron chi connectivity index (χ0n) is 10.5. The predicted octanol–water partition coefficient (Wildman–Crippen LogP) is 2.97. The Morgan fingerprint density at radius 3 is 2.89 bits per heavy atom. The normalized spacial score (nSPS) is 10.9. The summed E-state index contributed by atoms with van der Waals surface area (Å²) in [5.74, 6) is -0.588. The second-order valence-corrected chi connectivity index (χ2v) is 5.00. The van der Waals surface area contributed by atoms with Crippen LogP contribution in [0.15, 0.2) is 12.1 Å². The second-order valence-electron chi connectivity index (χ2n) is 4.21. The van der Waals surface area contributed by atoms with Crippen molar-refractivity contribution in [1.82, 2.24) is 14.5 Å². The average Bonchev–Trinajstić information content (AvgIpc) is 2.65. The number of nitrogens with one attached hydrogen (secondary N) is 1.